The van der Waals surface area contributed by atoms with Crippen molar-refractivity contribution in [1.29, 1.82) is 0 Å². The van der Waals surface area contributed by atoms with E-state index in [0.29, 0.717) is 0 Å². The second kappa shape index (κ2) is 9.29. The molecule has 0 saturated heterocycles. The summed E-state index contributed by atoms with van der Waals surface area (Å²) in [5, 5.41) is 0. The molecule has 0 aliphatic heterocycles. The number of benzene rings is 1. The lowest BCUT2D eigenvalue weighted by molar-refractivity contribution is -0.146. The molecule has 0 aliphatic rings. The van der Waals surface area contributed by atoms with Crippen molar-refractivity contribution in [2.24, 2.45) is 5.73 Å². The summed E-state index contributed by atoms with van der Waals surface area (Å²) < 4.78 is 9.20. The first-order valence-electron chi connectivity index (χ1n) is 5.37. The zero-order valence-corrected chi connectivity index (χ0v) is 12.2. The molecule has 0 radical (unpaired) electrons. The highest BCUT2D eigenvalue weighted by atomic mass is 79.9. The van der Waals surface area contributed by atoms with E-state index in [2.05, 4.69) is 4.74 Å². The number of halogens is 1. The van der Waals surface area contributed by atoms with Crippen LogP contribution in [0.5, 0.6) is 0 Å². The molecule has 6 heteroatoms. The zero-order valence-electron chi connectivity index (χ0n) is 10.4. The monoisotopic (exact) mass is 329 g/mol. The standard InChI is InChI=1S/C13H15NO4.BrH/c1-17-13(16)11(14)9-18-12(15)8-7-10-5-3-2-4-6-10;/h2-8,11H,9,14H2,1H3;1H. The van der Waals surface area contributed by atoms with Crippen molar-refractivity contribution in [3.05, 3.63) is 42.0 Å². The Balaban J connectivity index is 0.00000324. The van der Waals surface area contributed by atoms with Crippen LogP contribution in [-0.2, 0) is 19.1 Å². The predicted molar refractivity (Wildman–Crippen MR) is 76.7 cm³/mol. The summed E-state index contributed by atoms with van der Waals surface area (Å²) >= 11 is 0. The molecular weight excluding hydrogens is 314 g/mol. The summed E-state index contributed by atoms with van der Waals surface area (Å²) in [6.07, 6.45) is 2.89. The highest BCUT2D eigenvalue weighted by molar-refractivity contribution is 8.93. The zero-order chi connectivity index (χ0) is 13.4. The third-order valence-electron chi connectivity index (χ3n) is 2.12. The molecule has 1 atom stereocenters. The number of nitrogens with two attached hydrogens (primary N) is 1. The highest BCUT2D eigenvalue weighted by Gasteiger charge is 2.14. The summed E-state index contributed by atoms with van der Waals surface area (Å²) in [6, 6.07) is 8.35. The average molecular weight is 330 g/mol. The lowest BCUT2D eigenvalue weighted by Gasteiger charge is -2.08. The molecule has 0 heterocycles. The molecule has 1 unspecified atom stereocenters. The third-order valence-corrected chi connectivity index (χ3v) is 2.12. The van der Waals surface area contributed by atoms with E-state index >= 15 is 0 Å². The lowest BCUT2D eigenvalue weighted by Crippen LogP contribution is -2.36. The van der Waals surface area contributed by atoms with Gasteiger partial charge in [0, 0.05) is 6.08 Å². The molecule has 0 aromatic heterocycles. The maximum absolute atomic E-state index is 11.3. The predicted octanol–water partition coefficient (Wildman–Crippen LogP) is 1.32. The molecule has 1 aromatic rings. The molecule has 104 valence electrons. The molecule has 1 aromatic carbocycles. The fourth-order valence-corrected chi connectivity index (χ4v) is 1.17. The number of methoxy groups -OCH3 is 1. The van der Waals surface area contributed by atoms with E-state index in [9.17, 15) is 9.59 Å². The van der Waals surface area contributed by atoms with Crippen LogP contribution < -0.4 is 5.73 Å². The van der Waals surface area contributed by atoms with Gasteiger partial charge in [0.25, 0.3) is 0 Å². The van der Waals surface area contributed by atoms with Gasteiger partial charge in [-0.05, 0) is 11.6 Å². The normalized spacial score (nSPS) is 11.5. The van der Waals surface area contributed by atoms with E-state index in [-0.39, 0.29) is 23.6 Å². The molecule has 1 rings (SSSR count). The van der Waals surface area contributed by atoms with Gasteiger partial charge in [-0.25, -0.2) is 4.79 Å². The van der Waals surface area contributed by atoms with E-state index in [4.69, 9.17) is 10.5 Å². The second-order valence-electron chi connectivity index (χ2n) is 3.50. The summed E-state index contributed by atoms with van der Waals surface area (Å²) in [5.74, 6) is -1.17. The molecular formula is C13H16BrNO4. The Morgan fingerprint density at radius 3 is 2.53 bits per heavy atom. The third kappa shape index (κ3) is 6.73. The van der Waals surface area contributed by atoms with Gasteiger partial charge < -0.3 is 15.2 Å². The maximum Gasteiger partial charge on any atom is 0.330 e. The largest absolute Gasteiger partial charge is 0.468 e. The van der Waals surface area contributed by atoms with Gasteiger partial charge in [0.15, 0.2) is 0 Å². The van der Waals surface area contributed by atoms with Gasteiger partial charge in [0.05, 0.1) is 7.11 Å². The van der Waals surface area contributed by atoms with Crippen molar-refractivity contribution >= 4 is 35.0 Å². The quantitative estimate of drug-likeness (QED) is 0.651. The number of esters is 2. The number of ether oxygens (including phenoxy) is 2. The van der Waals surface area contributed by atoms with Crippen molar-refractivity contribution in [3.63, 3.8) is 0 Å². The fraction of sp³-hybridized carbons (Fsp3) is 0.231. The van der Waals surface area contributed by atoms with Crippen LogP contribution in [0.1, 0.15) is 5.56 Å². The van der Waals surface area contributed by atoms with Crippen molar-refractivity contribution in [2.45, 2.75) is 6.04 Å². The van der Waals surface area contributed by atoms with Gasteiger partial charge in [0.2, 0.25) is 0 Å². The minimum atomic E-state index is -0.955. The summed E-state index contributed by atoms with van der Waals surface area (Å²) in [6.45, 7) is -0.204. The Kier molecular flexibility index (Phi) is 8.48. The van der Waals surface area contributed by atoms with Crippen LogP contribution >= 0.6 is 17.0 Å². The van der Waals surface area contributed by atoms with Gasteiger partial charge in [-0.15, -0.1) is 17.0 Å². The van der Waals surface area contributed by atoms with Crippen molar-refractivity contribution in [2.75, 3.05) is 13.7 Å². The average Bonchev–Trinajstić information content (AvgIpc) is 2.42. The second-order valence-corrected chi connectivity index (χ2v) is 3.50. The van der Waals surface area contributed by atoms with E-state index < -0.39 is 18.0 Å². The topological polar surface area (TPSA) is 78.6 Å². The lowest BCUT2D eigenvalue weighted by atomic mass is 10.2. The molecule has 2 N–H and O–H groups in total. The Hall–Kier alpha value is -1.66. The number of carbonyl (C=O) groups excluding carboxylic acids is 2. The number of hydrogen-bond acceptors (Lipinski definition) is 5. The minimum absolute atomic E-state index is 0. The molecule has 5 nitrogen and oxygen atoms in total. The van der Waals surface area contributed by atoms with Crippen molar-refractivity contribution in [1.82, 2.24) is 0 Å². The van der Waals surface area contributed by atoms with E-state index in [0.717, 1.165) is 5.56 Å². The van der Waals surface area contributed by atoms with Crippen LogP contribution in [0.15, 0.2) is 36.4 Å². The Bertz CT molecular complexity index is 434. The first-order valence-corrected chi connectivity index (χ1v) is 5.37. The molecule has 0 fully saturated rings. The van der Waals surface area contributed by atoms with Gasteiger partial charge in [0.1, 0.15) is 12.6 Å². The number of hydrogen-bond donors (Lipinski definition) is 1. The SMILES string of the molecule is Br.COC(=O)C(N)COC(=O)C=Cc1ccccc1. The van der Waals surface area contributed by atoms with Crippen LogP contribution in [-0.4, -0.2) is 31.7 Å². The van der Waals surface area contributed by atoms with Crippen LogP contribution in [0.2, 0.25) is 0 Å². The maximum atomic E-state index is 11.3. The first kappa shape index (κ1) is 17.3. The highest BCUT2D eigenvalue weighted by Crippen LogP contribution is 2.01. The van der Waals surface area contributed by atoms with Crippen LogP contribution in [0.25, 0.3) is 6.08 Å². The Morgan fingerprint density at radius 1 is 1.32 bits per heavy atom. The van der Waals surface area contributed by atoms with E-state index in [1.807, 2.05) is 30.3 Å². The van der Waals surface area contributed by atoms with Crippen LogP contribution in [0, 0.1) is 0 Å². The van der Waals surface area contributed by atoms with Crippen molar-refractivity contribution < 1.29 is 19.1 Å². The number of carbonyl (C=O) groups is 2. The molecule has 0 aliphatic carbocycles. The first-order chi connectivity index (χ1) is 8.63. The van der Waals surface area contributed by atoms with Crippen LogP contribution in [0.3, 0.4) is 0 Å². The molecule has 0 bridgehead atoms. The van der Waals surface area contributed by atoms with Crippen molar-refractivity contribution in [3.8, 4) is 0 Å². The van der Waals surface area contributed by atoms with E-state index in [1.165, 1.54) is 13.2 Å². The Labute approximate surface area is 122 Å². The molecule has 0 saturated carbocycles. The van der Waals surface area contributed by atoms with E-state index in [1.54, 1.807) is 6.08 Å². The van der Waals surface area contributed by atoms with Gasteiger partial charge >= 0.3 is 11.9 Å². The molecule has 19 heavy (non-hydrogen) atoms. The number of rotatable bonds is 5. The van der Waals surface area contributed by atoms with Gasteiger partial charge in [-0.3, -0.25) is 4.79 Å². The van der Waals surface area contributed by atoms with Gasteiger partial charge in [-0.1, -0.05) is 30.3 Å². The fourth-order valence-electron chi connectivity index (χ4n) is 1.17. The van der Waals surface area contributed by atoms with Crippen LogP contribution in [0.4, 0.5) is 0 Å². The summed E-state index contributed by atoms with van der Waals surface area (Å²) in [5.41, 5.74) is 6.29. The summed E-state index contributed by atoms with van der Waals surface area (Å²) in [4.78, 5) is 22.3. The Morgan fingerprint density at radius 2 is 1.95 bits per heavy atom. The molecule has 0 amide bonds. The summed E-state index contributed by atoms with van der Waals surface area (Å²) in [7, 11) is 1.22. The minimum Gasteiger partial charge on any atom is -0.468 e. The van der Waals surface area contributed by atoms with Gasteiger partial charge in [-0.2, -0.15) is 0 Å². The smallest absolute Gasteiger partial charge is 0.330 e. The molecule has 0 spiro atoms.